The second kappa shape index (κ2) is 15.1. The van der Waals surface area contributed by atoms with Crippen LogP contribution >= 0.6 is 11.3 Å². The summed E-state index contributed by atoms with van der Waals surface area (Å²) in [5.41, 5.74) is 11.1. The summed E-state index contributed by atoms with van der Waals surface area (Å²) < 4.78 is 14.1. The van der Waals surface area contributed by atoms with Gasteiger partial charge in [-0.3, -0.25) is 0 Å². The van der Waals surface area contributed by atoms with Crippen molar-refractivity contribution in [3.8, 4) is 11.4 Å². The van der Waals surface area contributed by atoms with Crippen LogP contribution < -0.4 is 5.32 Å². The van der Waals surface area contributed by atoms with Crippen LogP contribution in [0.25, 0.3) is 119 Å². The minimum atomic E-state index is -0.499. The van der Waals surface area contributed by atoms with E-state index in [-0.39, 0.29) is 0 Å². The average molecular weight is 938 g/mol. The number of fused-ring (bicyclic) bond motifs is 15. The Bertz CT molecular complexity index is 4860. The lowest BCUT2D eigenvalue weighted by molar-refractivity contribution is 0.668. The molecule has 0 aliphatic carbocycles. The molecule has 7 heteroatoms. The standard InChI is InChI=1S/C65H39N5OS/c1-2-17-43(18-3-1)69-53-23-11-8-20-45(53)46-29-27-42(37-54(46)69)64-66-63(41-28-33-59-52(35-41)47-21-10-13-25-58(47)72-59)67-65(68-64)50-31-32-57-60(49-22-9-12-24-56(49)71-57)62(50)70-55-36-40-16-5-4-15-39(40)34-51(55)48-30-26-38-14-6-7-19-44(38)61(48)70/h1-37,64H,(H,66,67,68). The lowest BCUT2D eigenvalue weighted by Gasteiger charge is -2.25. The summed E-state index contributed by atoms with van der Waals surface area (Å²) in [5.74, 6) is 1.39. The monoisotopic (exact) mass is 937 g/mol. The molecule has 0 bridgehead atoms. The largest absolute Gasteiger partial charge is 0.456 e. The van der Waals surface area contributed by atoms with E-state index in [0.717, 1.165) is 77.9 Å². The van der Waals surface area contributed by atoms with Crippen LogP contribution in [0.15, 0.2) is 239 Å². The third kappa shape index (κ3) is 5.77. The van der Waals surface area contributed by atoms with Crippen molar-refractivity contribution < 1.29 is 4.42 Å². The van der Waals surface area contributed by atoms with E-state index in [1.54, 1.807) is 0 Å². The summed E-state index contributed by atoms with van der Waals surface area (Å²) in [4.78, 5) is 11.4. The Morgan fingerprint density at radius 2 is 1.14 bits per heavy atom. The summed E-state index contributed by atoms with van der Waals surface area (Å²) in [6.07, 6.45) is -0.499. The van der Waals surface area contributed by atoms with Crippen LogP contribution in [0.1, 0.15) is 22.9 Å². The molecule has 0 saturated carbocycles. The summed E-state index contributed by atoms with van der Waals surface area (Å²) in [7, 11) is 0. The number of benzene rings is 11. The minimum Gasteiger partial charge on any atom is -0.456 e. The molecule has 5 heterocycles. The van der Waals surface area contributed by atoms with Crippen molar-refractivity contribution in [1.82, 2.24) is 14.5 Å². The maximum absolute atomic E-state index is 6.78. The maximum Gasteiger partial charge on any atom is 0.161 e. The van der Waals surface area contributed by atoms with E-state index in [4.69, 9.17) is 14.4 Å². The fraction of sp³-hybridized carbons (Fsp3) is 0.0154. The van der Waals surface area contributed by atoms with E-state index in [0.29, 0.717) is 5.84 Å². The first-order chi connectivity index (χ1) is 35.7. The molecule has 15 aromatic rings. The molecule has 0 saturated heterocycles. The number of hydrogen-bond acceptors (Lipinski definition) is 5. The van der Waals surface area contributed by atoms with E-state index < -0.39 is 6.17 Å². The molecule has 0 fully saturated rings. The zero-order valence-electron chi connectivity index (χ0n) is 38.5. The number of furan rings is 1. The molecule has 1 unspecified atom stereocenters. The van der Waals surface area contributed by atoms with Crippen LogP contribution in [0.2, 0.25) is 0 Å². The summed E-state index contributed by atoms with van der Waals surface area (Å²) >= 11 is 1.82. The molecule has 0 spiro atoms. The molecule has 1 aliphatic rings. The van der Waals surface area contributed by atoms with Gasteiger partial charge in [-0.15, -0.1) is 11.3 Å². The second-order valence-corrected chi connectivity index (χ2v) is 20.0. The Kier molecular flexibility index (Phi) is 8.29. The number of nitrogens with zero attached hydrogens (tertiary/aromatic N) is 4. The van der Waals surface area contributed by atoms with Crippen molar-refractivity contribution in [3.05, 3.63) is 241 Å². The molecule has 1 aliphatic heterocycles. The van der Waals surface area contributed by atoms with Crippen molar-refractivity contribution in [2.45, 2.75) is 6.17 Å². The predicted molar refractivity (Wildman–Crippen MR) is 302 cm³/mol. The third-order valence-electron chi connectivity index (χ3n) is 14.9. The summed E-state index contributed by atoms with van der Waals surface area (Å²) in [6.45, 7) is 0. The van der Waals surface area contributed by atoms with Gasteiger partial charge in [0.2, 0.25) is 0 Å². The van der Waals surface area contributed by atoms with Gasteiger partial charge in [-0.1, -0.05) is 146 Å². The van der Waals surface area contributed by atoms with Crippen LogP contribution in [0.5, 0.6) is 0 Å². The van der Waals surface area contributed by atoms with E-state index >= 15 is 0 Å². The van der Waals surface area contributed by atoms with E-state index in [2.05, 4.69) is 233 Å². The van der Waals surface area contributed by atoms with Crippen LogP contribution in [0.4, 0.5) is 0 Å². The predicted octanol–water partition coefficient (Wildman–Crippen LogP) is 16.9. The van der Waals surface area contributed by atoms with Crippen LogP contribution in [-0.2, 0) is 0 Å². The molecule has 1 N–H and O–H groups in total. The molecular formula is C65H39N5OS. The smallest absolute Gasteiger partial charge is 0.161 e. The fourth-order valence-corrected chi connectivity index (χ4v) is 12.8. The van der Waals surface area contributed by atoms with Gasteiger partial charge in [0.25, 0.3) is 0 Å². The lowest BCUT2D eigenvalue weighted by Crippen LogP contribution is -2.33. The highest BCUT2D eigenvalue weighted by Crippen LogP contribution is 2.45. The topological polar surface area (TPSA) is 59.8 Å². The lowest BCUT2D eigenvalue weighted by atomic mass is 10.0. The van der Waals surface area contributed by atoms with Gasteiger partial charge in [-0.2, -0.15) is 0 Å². The van der Waals surface area contributed by atoms with E-state index in [1.165, 1.54) is 63.3 Å². The van der Waals surface area contributed by atoms with Gasteiger partial charge in [0.05, 0.1) is 33.1 Å². The third-order valence-corrected chi connectivity index (χ3v) is 16.1. The van der Waals surface area contributed by atoms with Crippen molar-refractivity contribution in [1.29, 1.82) is 0 Å². The van der Waals surface area contributed by atoms with Gasteiger partial charge in [-0.25, -0.2) is 9.98 Å². The number of hydrogen-bond donors (Lipinski definition) is 1. The first-order valence-corrected chi connectivity index (χ1v) is 25.2. The van der Waals surface area contributed by atoms with Crippen LogP contribution in [-0.4, -0.2) is 20.8 Å². The molecule has 16 rings (SSSR count). The van der Waals surface area contributed by atoms with Gasteiger partial charge in [0.1, 0.15) is 23.2 Å². The Hall–Kier alpha value is -9.30. The Morgan fingerprint density at radius 3 is 2.03 bits per heavy atom. The molecule has 0 amide bonds. The van der Waals surface area contributed by atoms with Crippen molar-refractivity contribution in [3.63, 3.8) is 0 Å². The van der Waals surface area contributed by atoms with Gasteiger partial charge in [0.15, 0.2) is 5.84 Å². The van der Waals surface area contributed by atoms with Gasteiger partial charge >= 0.3 is 0 Å². The van der Waals surface area contributed by atoms with Crippen LogP contribution in [0, 0.1) is 0 Å². The van der Waals surface area contributed by atoms with Gasteiger partial charge in [-0.05, 0) is 101 Å². The average Bonchev–Trinajstić information content (AvgIpc) is 4.19. The molecule has 0 radical (unpaired) electrons. The number of amidine groups is 2. The number of para-hydroxylation sites is 3. The SMILES string of the molecule is c1ccc(-n2c3ccccc3c3ccc(C4N=C(c5ccc6oc7ccccc7c6c5-n5c6cc7ccccc7cc6c6ccc7ccccc7c65)N=C(c5ccc6sc7ccccc7c6c5)N4)cc32)cc1. The van der Waals surface area contributed by atoms with Crippen molar-refractivity contribution in [2.75, 3.05) is 0 Å². The number of nitrogens with one attached hydrogen (secondary N) is 1. The van der Waals surface area contributed by atoms with Gasteiger partial charge < -0.3 is 18.9 Å². The zero-order valence-corrected chi connectivity index (χ0v) is 39.4. The first-order valence-electron chi connectivity index (χ1n) is 24.4. The molecular weight excluding hydrogens is 899 g/mol. The van der Waals surface area contributed by atoms with E-state index in [1.807, 2.05) is 17.4 Å². The number of thiophene rings is 1. The maximum atomic E-state index is 6.78. The molecule has 72 heavy (non-hydrogen) atoms. The van der Waals surface area contributed by atoms with Crippen molar-refractivity contribution in [2.24, 2.45) is 9.98 Å². The highest BCUT2D eigenvalue weighted by Gasteiger charge is 2.29. The number of rotatable bonds is 5. The van der Waals surface area contributed by atoms with Crippen LogP contribution in [0.3, 0.4) is 0 Å². The van der Waals surface area contributed by atoms with E-state index in [9.17, 15) is 0 Å². The Balaban J connectivity index is 1.01. The quantitative estimate of drug-likeness (QED) is 0.187. The van der Waals surface area contributed by atoms with Gasteiger partial charge in [0, 0.05) is 69.3 Å². The minimum absolute atomic E-state index is 0.499. The molecule has 4 aromatic heterocycles. The second-order valence-electron chi connectivity index (χ2n) is 18.9. The molecule has 336 valence electrons. The molecule has 11 aromatic carbocycles. The Morgan fingerprint density at radius 1 is 0.444 bits per heavy atom. The Labute approximate surface area is 415 Å². The summed E-state index contributed by atoms with van der Waals surface area (Å²) in [5, 5.41) is 17.9. The number of aliphatic imine (C=N–C) groups is 2. The molecule has 6 nitrogen and oxygen atoms in total. The molecule has 1 atom stereocenters. The highest BCUT2D eigenvalue weighted by atomic mass is 32.1. The zero-order chi connectivity index (χ0) is 47.0. The fourth-order valence-electron chi connectivity index (χ4n) is 11.7. The number of aromatic nitrogens is 2. The first kappa shape index (κ1) is 39.5. The summed E-state index contributed by atoms with van der Waals surface area (Å²) in [6, 6.07) is 80.9. The highest BCUT2D eigenvalue weighted by molar-refractivity contribution is 7.25. The normalized spacial score (nSPS) is 14.2. The van der Waals surface area contributed by atoms with Crippen molar-refractivity contribution >= 4 is 130 Å².